The van der Waals surface area contributed by atoms with Crippen molar-refractivity contribution < 1.29 is 34.4 Å². The van der Waals surface area contributed by atoms with Crippen molar-refractivity contribution in [1.29, 1.82) is 0 Å². The molecule has 0 saturated carbocycles. The van der Waals surface area contributed by atoms with Gasteiger partial charge in [-0.3, -0.25) is 0 Å². The topological polar surface area (TPSA) is 171 Å². The van der Waals surface area contributed by atoms with E-state index in [2.05, 4.69) is 20.2 Å². The molecule has 4 aromatic rings. The first kappa shape index (κ1) is 32.0. The molecule has 0 aliphatic carbocycles. The van der Waals surface area contributed by atoms with Gasteiger partial charge in [0.05, 0.1) is 26.8 Å². The number of aromatic nitrogens is 4. The fraction of sp³-hybridized carbons (Fsp3) is 0.333. The van der Waals surface area contributed by atoms with Crippen LogP contribution in [0.4, 0.5) is 19.0 Å². The van der Waals surface area contributed by atoms with Gasteiger partial charge in [-0.1, -0.05) is 24.3 Å². The molecule has 11 nitrogen and oxygen atoms in total. The van der Waals surface area contributed by atoms with Crippen LogP contribution in [0.1, 0.15) is 46.2 Å². The average molecular weight is 639 g/mol. The Hall–Kier alpha value is -3.89. The average Bonchev–Trinajstić information content (AvgIpc) is 3.41. The second kappa shape index (κ2) is 11.3. The molecule has 2 aromatic carbocycles. The highest BCUT2D eigenvalue weighted by atomic mass is 32.2. The summed E-state index contributed by atoms with van der Waals surface area (Å²) in [5, 5.41) is 7.30. The molecule has 1 atom stereocenters. The highest BCUT2D eigenvalue weighted by molar-refractivity contribution is 7.92. The van der Waals surface area contributed by atoms with Gasteiger partial charge in [0.25, 0.3) is 5.89 Å². The minimum atomic E-state index is -4.90. The molecule has 4 rings (SSSR count). The number of nitrogen functional groups attached to an aromatic ring is 1. The van der Waals surface area contributed by atoms with Gasteiger partial charge in [-0.05, 0) is 64.4 Å². The number of nitrogens with one attached hydrogen (secondary N) is 1. The van der Waals surface area contributed by atoms with E-state index >= 15 is 0 Å². The van der Waals surface area contributed by atoms with Crippen LogP contribution >= 0.6 is 0 Å². The Morgan fingerprint density at radius 3 is 1.95 bits per heavy atom. The summed E-state index contributed by atoms with van der Waals surface area (Å²) in [7, 11) is -7.78. The molecule has 0 aliphatic rings. The predicted octanol–water partition coefficient (Wildman–Crippen LogP) is 4.95. The van der Waals surface area contributed by atoms with E-state index in [4.69, 9.17) is 10.2 Å². The third-order valence-corrected chi connectivity index (χ3v) is 10.8. The summed E-state index contributed by atoms with van der Waals surface area (Å²) in [6.45, 7) is 7.06. The molecule has 2 heterocycles. The predicted molar refractivity (Wildman–Crippen MR) is 154 cm³/mol. The number of hydrogen-bond acceptors (Lipinski definition) is 10. The number of alkyl halides is 3. The van der Waals surface area contributed by atoms with Gasteiger partial charge in [0.2, 0.25) is 15.9 Å². The second-order valence-electron chi connectivity index (χ2n) is 10.8. The number of sulfone groups is 1. The van der Waals surface area contributed by atoms with Gasteiger partial charge in [-0.15, -0.1) is 10.2 Å². The number of benzene rings is 2. The summed E-state index contributed by atoms with van der Waals surface area (Å²) in [6.07, 6.45) is -3.51. The molecule has 0 bridgehead atoms. The van der Waals surface area contributed by atoms with Crippen molar-refractivity contribution in [3.8, 4) is 34.3 Å². The number of sulfonamides is 1. The van der Waals surface area contributed by atoms with Crippen LogP contribution in [0, 0.1) is 0 Å². The Morgan fingerprint density at radius 2 is 1.42 bits per heavy atom. The van der Waals surface area contributed by atoms with Gasteiger partial charge >= 0.3 is 6.18 Å². The van der Waals surface area contributed by atoms with E-state index in [0.29, 0.717) is 11.3 Å². The lowest BCUT2D eigenvalue weighted by Gasteiger charge is -2.27. The van der Waals surface area contributed by atoms with Gasteiger partial charge in [0.1, 0.15) is 6.04 Å². The third-order valence-electron chi connectivity index (χ3n) is 6.43. The molecule has 3 N–H and O–H groups in total. The van der Waals surface area contributed by atoms with Gasteiger partial charge < -0.3 is 10.2 Å². The van der Waals surface area contributed by atoms with Crippen molar-refractivity contribution in [2.45, 2.75) is 61.7 Å². The zero-order valence-electron chi connectivity index (χ0n) is 23.7. The lowest BCUT2D eigenvalue weighted by molar-refractivity contribution is -0.153. The number of halogens is 3. The first-order valence-corrected chi connectivity index (χ1v) is 15.8. The zero-order valence-corrected chi connectivity index (χ0v) is 25.3. The molecule has 16 heteroatoms. The number of anilines is 1. The van der Waals surface area contributed by atoms with Crippen LogP contribution in [0.3, 0.4) is 0 Å². The molecule has 0 spiro atoms. The monoisotopic (exact) mass is 638 g/mol. The van der Waals surface area contributed by atoms with Crippen LogP contribution in [0.15, 0.2) is 64.0 Å². The number of hydrogen-bond donors (Lipinski definition) is 2. The highest BCUT2D eigenvalue weighted by Crippen LogP contribution is 2.36. The van der Waals surface area contributed by atoms with Crippen LogP contribution < -0.4 is 10.5 Å². The molecular weight excluding hydrogens is 609 g/mol. The molecule has 43 heavy (non-hydrogen) atoms. The largest absolute Gasteiger partial charge is 0.414 e. The van der Waals surface area contributed by atoms with Crippen LogP contribution in [0.5, 0.6) is 0 Å². The van der Waals surface area contributed by atoms with Crippen molar-refractivity contribution in [3.63, 3.8) is 0 Å². The Kier molecular flexibility index (Phi) is 8.43. The summed E-state index contributed by atoms with van der Waals surface area (Å²) in [4.78, 5) is 8.72. The van der Waals surface area contributed by atoms with Crippen LogP contribution in [0.2, 0.25) is 0 Å². The minimum absolute atomic E-state index is 0.0348. The van der Waals surface area contributed by atoms with Crippen molar-refractivity contribution in [2.24, 2.45) is 0 Å². The van der Waals surface area contributed by atoms with Gasteiger partial charge in [0.15, 0.2) is 21.3 Å². The second-order valence-corrected chi connectivity index (χ2v) is 15.8. The fourth-order valence-corrected chi connectivity index (χ4v) is 5.69. The van der Waals surface area contributed by atoms with E-state index in [1.54, 1.807) is 30.7 Å². The number of rotatable bonds is 8. The summed E-state index contributed by atoms with van der Waals surface area (Å²) in [5.74, 6) is -0.210. The van der Waals surface area contributed by atoms with Crippen molar-refractivity contribution in [1.82, 2.24) is 24.9 Å². The molecule has 0 amide bonds. The Balaban J connectivity index is 1.61. The maximum atomic E-state index is 13.8. The van der Waals surface area contributed by atoms with E-state index < -0.39 is 42.1 Å². The first-order valence-electron chi connectivity index (χ1n) is 12.8. The minimum Gasteiger partial charge on any atom is -0.414 e. The van der Waals surface area contributed by atoms with Gasteiger partial charge in [-0.2, -0.15) is 17.9 Å². The van der Waals surface area contributed by atoms with Crippen molar-refractivity contribution in [3.05, 3.63) is 60.3 Å². The van der Waals surface area contributed by atoms with Crippen LogP contribution in [-0.2, 0) is 19.9 Å². The summed E-state index contributed by atoms with van der Waals surface area (Å²) in [6, 6.07) is 8.42. The maximum Gasteiger partial charge on any atom is 0.408 e. The normalized spacial score (nSPS) is 13.8. The van der Waals surface area contributed by atoms with Crippen molar-refractivity contribution in [2.75, 3.05) is 5.73 Å². The van der Waals surface area contributed by atoms with E-state index in [0.717, 1.165) is 12.1 Å². The van der Waals surface area contributed by atoms with E-state index in [1.807, 2.05) is 0 Å². The van der Waals surface area contributed by atoms with Crippen LogP contribution in [0.25, 0.3) is 34.3 Å². The first-order chi connectivity index (χ1) is 19.8. The Labute approximate surface area is 246 Å². The quantitative estimate of drug-likeness (QED) is 0.269. The highest BCUT2D eigenvalue weighted by Gasteiger charge is 2.45. The molecule has 0 saturated heterocycles. The molecule has 2 aromatic heterocycles. The number of nitrogens with two attached hydrogens (primary N) is 1. The fourth-order valence-electron chi connectivity index (χ4n) is 3.69. The van der Waals surface area contributed by atoms with Gasteiger partial charge in [-0.25, -0.2) is 26.8 Å². The SMILES string of the molecule is CC(C)S(=O)(=O)c1ccc(-c2cnc(N)c(-c3nnc(-c4ccc([C@H](NS(=O)(=O)C(C)(C)C)C(F)(F)F)cc4)o3)n2)cc1. The lowest BCUT2D eigenvalue weighted by atomic mass is 10.1. The third kappa shape index (κ3) is 6.70. The van der Waals surface area contributed by atoms with E-state index in [1.165, 1.54) is 51.2 Å². The Bertz CT molecular complexity index is 1830. The Morgan fingerprint density at radius 1 is 0.860 bits per heavy atom. The maximum absolute atomic E-state index is 13.8. The van der Waals surface area contributed by atoms with Crippen molar-refractivity contribution >= 4 is 25.7 Å². The molecule has 0 radical (unpaired) electrons. The summed E-state index contributed by atoms with van der Waals surface area (Å²) >= 11 is 0. The summed E-state index contributed by atoms with van der Waals surface area (Å²) in [5.41, 5.74) is 6.85. The molecule has 0 fully saturated rings. The molecule has 0 aliphatic heterocycles. The zero-order chi connectivity index (χ0) is 32.0. The molecule has 0 unspecified atom stereocenters. The van der Waals surface area contributed by atoms with E-state index in [9.17, 15) is 30.0 Å². The van der Waals surface area contributed by atoms with Gasteiger partial charge in [0, 0.05) is 11.1 Å². The van der Waals surface area contributed by atoms with E-state index in [-0.39, 0.29) is 39.3 Å². The smallest absolute Gasteiger partial charge is 0.408 e. The van der Waals surface area contributed by atoms with Crippen LogP contribution in [-0.4, -0.2) is 53.2 Å². The molecule has 230 valence electrons. The summed E-state index contributed by atoms with van der Waals surface area (Å²) < 4.78 is 97.2. The number of nitrogens with zero attached hydrogens (tertiary/aromatic N) is 4. The standard InChI is InChI=1S/C27H29F3N6O5S2/c1-15(2)42(37,38)19-12-10-16(11-13-19)20-14-32-23(31)21(33-20)25-35-34-24(41-25)18-8-6-17(7-9-18)22(27(28,29)30)36-43(39,40)26(3,4)5/h6-15,22,36H,1-5H3,(H2,31,32)/t22-/m0/s1. The lowest BCUT2D eigenvalue weighted by Crippen LogP contribution is -2.45. The molecular formula is C27H29F3N6O5S2.